The summed E-state index contributed by atoms with van der Waals surface area (Å²) in [5, 5.41) is 0. The van der Waals surface area contributed by atoms with Gasteiger partial charge >= 0.3 is 7.60 Å². The topological polar surface area (TPSA) is 68.7 Å². The highest BCUT2D eigenvalue weighted by Gasteiger charge is 2.26. The molecule has 0 bridgehead atoms. The molecule has 0 saturated carbocycles. The summed E-state index contributed by atoms with van der Waals surface area (Å²) in [5.74, 6) is 0. The molecule has 2 heterocycles. The van der Waals surface area contributed by atoms with Crippen molar-refractivity contribution in [1.29, 1.82) is 0 Å². The van der Waals surface area contributed by atoms with E-state index in [1.54, 1.807) is 24.5 Å². The zero-order valence-electron chi connectivity index (χ0n) is 10.4. The van der Waals surface area contributed by atoms with E-state index in [-0.39, 0.29) is 25.0 Å². The molecule has 0 radical (unpaired) electrons. The minimum Gasteiger partial charge on any atom is -0.373 e. The highest BCUT2D eigenvalue weighted by atomic mass is 31.2. The van der Waals surface area contributed by atoms with Gasteiger partial charge in [0.05, 0.1) is 25.0 Å². The first-order chi connectivity index (χ1) is 8.55. The summed E-state index contributed by atoms with van der Waals surface area (Å²) < 4.78 is 22.5. The SMILES string of the molecule is C[C@H]1CC[C@@H](COP(=O)(O)Cc2cccnc2)O1. The van der Waals surface area contributed by atoms with Crippen molar-refractivity contribution in [3.8, 4) is 0 Å². The third kappa shape index (κ3) is 4.18. The van der Waals surface area contributed by atoms with Crippen LogP contribution in [-0.4, -0.2) is 28.7 Å². The van der Waals surface area contributed by atoms with Crippen molar-refractivity contribution in [2.45, 2.75) is 38.1 Å². The summed E-state index contributed by atoms with van der Waals surface area (Å²) in [6.07, 6.45) is 5.20. The molecular formula is C12H18NO4P. The van der Waals surface area contributed by atoms with E-state index in [2.05, 4.69) is 4.98 Å². The van der Waals surface area contributed by atoms with Gasteiger partial charge in [0.2, 0.25) is 0 Å². The van der Waals surface area contributed by atoms with Crippen LogP contribution in [0.2, 0.25) is 0 Å². The normalized spacial score (nSPS) is 27.0. The van der Waals surface area contributed by atoms with Gasteiger partial charge in [-0.05, 0) is 31.4 Å². The average Bonchev–Trinajstić information content (AvgIpc) is 2.74. The van der Waals surface area contributed by atoms with Gasteiger partial charge in [0.15, 0.2) is 0 Å². The fourth-order valence-corrected chi connectivity index (χ4v) is 3.11. The smallest absolute Gasteiger partial charge is 0.332 e. The van der Waals surface area contributed by atoms with Gasteiger partial charge in [-0.15, -0.1) is 0 Å². The van der Waals surface area contributed by atoms with Crippen LogP contribution in [0, 0.1) is 0 Å². The molecule has 3 atom stereocenters. The first-order valence-corrected chi connectivity index (χ1v) is 7.82. The van der Waals surface area contributed by atoms with E-state index in [0.717, 1.165) is 12.8 Å². The van der Waals surface area contributed by atoms with Crippen LogP contribution < -0.4 is 0 Å². The zero-order valence-corrected chi connectivity index (χ0v) is 11.3. The Morgan fingerprint density at radius 3 is 3.06 bits per heavy atom. The highest BCUT2D eigenvalue weighted by Crippen LogP contribution is 2.46. The lowest BCUT2D eigenvalue weighted by molar-refractivity contribution is 0.0236. The van der Waals surface area contributed by atoms with Gasteiger partial charge in [0.1, 0.15) is 0 Å². The fourth-order valence-electron chi connectivity index (χ4n) is 1.98. The molecule has 1 N–H and O–H groups in total. The second-order valence-corrected chi connectivity index (χ2v) is 6.45. The van der Waals surface area contributed by atoms with Gasteiger partial charge in [0, 0.05) is 12.4 Å². The number of ether oxygens (including phenoxy) is 1. The predicted octanol–water partition coefficient (Wildman–Crippen LogP) is 2.35. The number of pyridine rings is 1. The van der Waals surface area contributed by atoms with Crippen molar-refractivity contribution < 1.29 is 18.7 Å². The monoisotopic (exact) mass is 271 g/mol. The third-order valence-corrected chi connectivity index (χ3v) is 4.20. The molecule has 0 aromatic carbocycles. The molecule has 5 nitrogen and oxygen atoms in total. The van der Waals surface area contributed by atoms with Crippen molar-refractivity contribution in [1.82, 2.24) is 4.98 Å². The standard InChI is InChI=1S/C12H18NO4P/c1-10-4-5-12(17-10)8-16-18(14,15)9-11-3-2-6-13-7-11/h2-3,6-7,10,12H,4-5,8-9H2,1H3,(H,14,15)/t10-,12-/m0/s1. The number of aromatic nitrogens is 1. The Kier molecular flexibility index (Phi) is 4.51. The minimum absolute atomic E-state index is 0.0108. The molecular weight excluding hydrogens is 253 g/mol. The molecule has 100 valence electrons. The van der Waals surface area contributed by atoms with Gasteiger partial charge < -0.3 is 14.2 Å². The summed E-state index contributed by atoms with van der Waals surface area (Å²) >= 11 is 0. The van der Waals surface area contributed by atoms with Crippen LogP contribution in [0.1, 0.15) is 25.3 Å². The second kappa shape index (κ2) is 5.93. The number of hydrogen-bond acceptors (Lipinski definition) is 4. The van der Waals surface area contributed by atoms with Crippen LogP contribution >= 0.6 is 7.60 Å². The Labute approximate surface area is 107 Å². The van der Waals surface area contributed by atoms with E-state index >= 15 is 0 Å². The molecule has 1 aromatic heterocycles. The van der Waals surface area contributed by atoms with Crippen molar-refractivity contribution in [2.75, 3.05) is 6.61 Å². The fraction of sp³-hybridized carbons (Fsp3) is 0.583. The third-order valence-electron chi connectivity index (χ3n) is 2.89. The highest BCUT2D eigenvalue weighted by molar-refractivity contribution is 7.51. The number of nitrogens with zero attached hydrogens (tertiary/aromatic N) is 1. The number of hydrogen-bond donors (Lipinski definition) is 1. The average molecular weight is 271 g/mol. The Bertz CT molecular complexity index is 425. The lowest BCUT2D eigenvalue weighted by atomic mass is 10.2. The summed E-state index contributed by atoms with van der Waals surface area (Å²) in [6.45, 7) is 2.17. The lowest BCUT2D eigenvalue weighted by Gasteiger charge is -2.15. The molecule has 1 aliphatic heterocycles. The van der Waals surface area contributed by atoms with Crippen LogP contribution in [0.3, 0.4) is 0 Å². The summed E-state index contributed by atoms with van der Waals surface area (Å²) in [5.41, 5.74) is 0.698. The maximum atomic E-state index is 11.9. The molecule has 6 heteroatoms. The maximum Gasteiger partial charge on any atom is 0.332 e. The molecule has 0 aliphatic carbocycles. The van der Waals surface area contributed by atoms with E-state index in [9.17, 15) is 9.46 Å². The Balaban J connectivity index is 1.82. The molecule has 0 amide bonds. The molecule has 18 heavy (non-hydrogen) atoms. The molecule has 1 fully saturated rings. The van der Waals surface area contributed by atoms with E-state index in [0.29, 0.717) is 5.56 Å². The first kappa shape index (κ1) is 13.7. The van der Waals surface area contributed by atoms with Crippen molar-refractivity contribution >= 4 is 7.60 Å². The van der Waals surface area contributed by atoms with Gasteiger partial charge in [-0.25, -0.2) is 0 Å². The van der Waals surface area contributed by atoms with Crippen molar-refractivity contribution in [3.63, 3.8) is 0 Å². The van der Waals surface area contributed by atoms with Gasteiger partial charge in [-0.2, -0.15) is 0 Å². The van der Waals surface area contributed by atoms with Crippen LogP contribution in [0.4, 0.5) is 0 Å². The summed E-state index contributed by atoms with van der Waals surface area (Å²) in [4.78, 5) is 13.6. The van der Waals surface area contributed by atoms with Crippen molar-refractivity contribution in [3.05, 3.63) is 30.1 Å². The van der Waals surface area contributed by atoms with Crippen LogP contribution in [0.15, 0.2) is 24.5 Å². The van der Waals surface area contributed by atoms with E-state index in [1.165, 1.54) is 0 Å². The van der Waals surface area contributed by atoms with E-state index in [1.807, 2.05) is 6.92 Å². The molecule has 2 rings (SSSR count). The molecule has 1 aliphatic rings. The van der Waals surface area contributed by atoms with Crippen LogP contribution in [-0.2, 0) is 20.0 Å². The Morgan fingerprint density at radius 1 is 1.61 bits per heavy atom. The van der Waals surface area contributed by atoms with E-state index in [4.69, 9.17) is 9.26 Å². The zero-order chi connectivity index (χ0) is 13.0. The van der Waals surface area contributed by atoms with Gasteiger partial charge in [-0.1, -0.05) is 6.07 Å². The summed E-state index contributed by atoms with van der Waals surface area (Å²) in [6, 6.07) is 3.49. The number of rotatable bonds is 5. The minimum atomic E-state index is -3.61. The first-order valence-electron chi connectivity index (χ1n) is 6.06. The Hall–Kier alpha value is -0.740. The van der Waals surface area contributed by atoms with Crippen molar-refractivity contribution in [2.24, 2.45) is 0 Å². The molecule has 1 saturated heterocycles. The lowest BCUT2D eigenvalue weighted by Crippen LogP contribution is -2.15. The van der Waals surface area contributed by atoms with Crippen LogP contribution in [0.25, 0.3) is 0 Å². The maximum absolute atomic E-state index is 11.9. The van der Waals surface area contributed by atoms with Crippen LogP contribution in [0.5, 0.6) is 0 Å². The predicted molar refractivity (Wildman–Crippen MR) is 67.3 cm³/mol. The molecule has 1 unspecified atom stereocenters. The van der Waals surface area contributed by atoms with E-state index < -0.39 is 7.60 Å². The molecule has 1 aromatic rings. The largest absolute Gasteiger partial charge is 0.373 e. The second-order valence-electron chi connectivity index (χ2n) is 4.60. The van der Waals surface area contributed by atoms with Gasteiger partial charge in [0.25, 0.3) is 0 Å². The van der Waals surface area contributed by atoms with Gasteiger partial charge in [-0.3, -0.25) is 9.55 Å². The quantitative estimate of drug-likeness (QED) is 0.832. The Morgan fingerprint density at radius 2 is 2.44 bits per heavy atom. The molecule has 0 spiro atoms. The summed E-state index contributed by atoms with van der Waals surface area (Å²) in [7, 11) is -3.61.